The fourth-order valence-electron chi connectivity index (χ4n) is 2.40. The van der Waals surface area contributed by atoms with Crippen molar-refractivity contribution in [2.75, 3.05) is 7.11 Å². The summed E-state index contributed by atoms with van der Waals surface area (Å²) in [6.07, 6.45) is 0.798. The van der Waals surface area contributed by atoms with Gasteiger partial charge in [-0.1, -0.05) is 30.3 Å². The second-order valence-corrected chi connectivity index (χ2v) is 6.79. The van der Waals surface area contributed by atoms with Crippen molar-refractivity contribution in [1.29, 1.82) is 5.41 Å². The summed E-state index contributed by atoms with van der Waals surface area (Å²) in [5.41, 5.74) is -0.549. The summed E-state index contributed by atoms with van der Waals surface area (Å²) >= 11 is 0. The largest absolute Gasteiger partial charge is 0.497 e. The molecule has 27 heavy (non-hydrogen) atoms. The number of ether oxygens (including phenoxy) is 1. The second kappa shape index (κ2) is 8.56. The number of benzene rings is 2. The number of rotatable bonds is 5. The molecule has 1 heterocycles. The van der Waals surface area contributed by atoms with Crippen LogP contribution in [0.2, 0.25) is 0 Å². The molecule has 3 rings (SSSR count). The van der Waals surface area contributed by atoms with Gasteiger partial charge in [0.05, 0.1) is 24.7 Å². The Balaban J connectivity index is 0.00000261. The van der Waals surface area contributed by atoms with Gasteiger partial charge < -0.3 is 10.2 Å². The number of hydrogen-bond acceptors (Lipinski definition) is 4. The number of aromatic nitrogens is 2. The third-order valence-electron chi connectivity index (χ3n) is 3.77. The summed E-state index contributed by atoms with van der Waals surface area (Å²) in [7, 11) is -0.446. The molecule has 9 heteroatoms. The first kappa shape index (κ1) is 20.3. The molecule has 0 saturated carbocycles. The molecule has 142 valence electrons. The van der Waals surface area contributed by atoms with E-state index in [2.05, 4.69) is 0 Å². The van der Waals surface area contributed by atoms with Crippen LogP contribution in [0.3, 0.4) is 0 Å². The highest BCUT2D eigenvalue weighted by Gasteiger charge is 2.15. The van der Waals surface area contributed by atoms with Crippen molar-refractivity contribution in [3.05, 3.63) is 88.1 Å². The van der Waals surface area contributed by atoms with Crippen LogP contribution in [0.15, 0.2) is 70.5 Å². The van der Waals surface area contributed by atoms with E-state index < -0.39 is 28.0 Å². The molecule has 3 N–H and O–H groups in total. The van der Waals surface area contributed by atoms with E-state index in [1.807, 2.05) is 6.07 Å². The van der Waals surface area contributed by atoms with Crippen LogP contribution >= 0.6 is 0 Å². The zero-order valence-electron chi connectivity index (χ0n) is 14.4. The van der Waals surface area contributed by atoms with Gasteiger partial charge in [0, 0.05) is 0 Å². The smallest absolute Gasteiger partial charge is 0.342 e. The third-order valence-corrected chi connectivity index (χ3v) is 5.06. The molecule has 1 aromatic heterocycles. The van der Waals surface area contributed by atoms with Crippen LogP contribution in [0.1, 0.15) is 5.56 Å². The topological polar surface area (TPSA) is 109 Å². The van der Waals surface area contributed by atoms with Gasteiger partial charge in [0.15, 0.2) is 22.3 Å². The van der Waals surface area contributed by atoms with E-state index in [1.165, 1.54) is 19.2 Å². The van der Waals surface area contributed by atoms with Gasteiger partial charge >= 0.3 is 5.69 Å². The van der Waals surface area contributed by atoms with Crippen molar-refractivity contribution in [2.24, 2.45) is 0 Å². The predicted octanol–water partition coefficient (Wildman–Crippen LogP) is 1.07. The Hall–Kier alpha value is -3.04. The normalized spacial score (nSPS) is 11.5. The van der Waals surface area contributed by atoms with Crippen molar-refractivity contribution >= 4 is 11.0 Å². The molecular weight excluding hydrogens is 373 g/mol. The summed E-state index contributed by atoms with van der Waals surface area (Å²) in [4.78, 5) is 13.0. The molecule has 0 bridgehead atoms. The van der Waals surface area contributed by atoms with Crippen LogP contribution < -0.4 is 15.9 Å². The maximum absolute atomic E-state index is 14.2. The molecule has 1 atom stereocenters. The molecule has 0 fully saturated rings. The Morgan fingerprint density at radius 3 is 2.33 bits per heavy atom. The van der Waals surface area contributed by atoms with Gasteiger partial charge in [0.2, 0.25) is 0 Å². The molecule has 0 saturated heterocycles. The van der Waals surface area contributed by atoms with Gasteiger partial charge in [0.1, 0.15) is 5.75 Å². The van der Waals surface area contributed by atoms with Gasteiger partial charge in [-0.25, -0.2) is 17.4 Å². The summed E-state index contributed by atoms with van der Waals surface area (Å²) in [5.74, 6) is -0.354. The predicted molar refractivity (Wildman–Crippen MR) is 98.5 cm³/mol. The molecule has 2 aromatic carbocycles. The summed E-state index contributed by atoms with van der Waals surface area (Å²) in [6, 6.07) is 15.2. The Labute approximate surface area is 156 Å². The first-order valence-electron chi connectivity index (χ1n) is 7.68. The maximum atomic E-state index is 14.2. The average Bonchev–Trinajstić information content (AvgIpc) is 2.68. The third kappa shape index (κ3) is 4.21. The second-order valence-electron chi connectivity index (χ2n) is 5.43. The maximum Gasteiger partial charge on any atom is 0.342 e. The molecule has 0 radical (unpaired) electrons. The van der Waals surface area contributed by atoms with E-state index in [4.69, 9.17) is 10.1 Å². The van der Waals surface area contributed by atoms with Crippen molar-refractivity contribution in [3.8, 4) is 5.75 Å². The van der Waals surface area contributed by atoms with Gasteiger partial charge in [-0.3, -0.25) is 9.98 Å². The number of nitrogens with one attached hydrogen (secondary N) is 1. The highest BCUT2D eigenvalue weighted by molar-refractivity contribution is 7.83. The van der Waals surface area contributed by atoms with E-state index in [0.29, 0.717) is 10.6 Å². The van der Waals surface area contributed by atoms with E-state index >= 15 is 0 Å². The fourth-order valence-corrected chi connectivity index (χ4v) is 3.42. The lowest BCUT2D eigenvalue weighted by molar-refractivity contribution is 0.414. The summed E-state index contributed by atoms with van der Waals surface area (Å²) in [5, 5.41) is 7.84. The number of methoxy groups -OCH3 is 1. The molecule has 0 aliphatic carbocycles. The molecule has 7 nitrogen and oxygen atoms in total. The summed E-state index contributed by atoms with van der Waals surface area (Å²) in [6.45, 7) is 0.01000. The molecule has 0 aliphatic rings. The van der Waals surface area contributed by atoms with Gasteiger partial charge in [0.25, 0.3) is 0 Å². The highest BCUT2D eigenvalue weighted by Crippen LogP contribution is 2.14. The zero-order valence-corrected chi connectivity index (χ0v) is 15.2. The Bertz CT molecular complexity index is 1060. The van der Waals surface area contributed by atoms with Gasteiger partial charge in [-0.15, -0.1) is 0 Å². The number of halogens is 1. The lowest BCUT2D eigenvalue weighted by atomic mass is 10.2. The van der Waals surface area contributed by atoms with Crippen molar-refractivity contribution in [1.82, 2.24) is 8.54 Å². The lowest BCUT2D eigenvalue weighted by Crippen LogP contribution is -2.42. The Morgan fingerprint density at radius 1 is 1.11 bits per heavy atom. The van der Waals surface area contributed by atoms with Gasteiger partial charge in [-0.05, 0) is 29.8 Å². The van der Waals surface area contributed by atoms with Crippen LogP contribution in [-0.4, -0.2) is 25.3 Å². The molecule has 1 unspecified atom stereocenters. The van der Waals surface area contributed by atoms with Crippen molar-refractivity contribution < 1.29 is 18.8 Å². The van der Waals surface area contributed by atoms with E-state index in [0.717, 1.165) is 20.3 Å². The van der Waals surface area contributed by atoms with Crippen LogP contribution in [0.5, 0.6) is 5.75 Å². The van der Waals surface area contributed by atoms with E-state index in [9.17, 15) is 13.4 Å². The molecule has 0 aliphatic heterocycles. The summed E-state index contributed by atoms with van der Waals surface area (Å²) < 4.78 is 33.7. The lowest BCUT2D eigenvalue weighted by Gasteiger charge is -2.12. The molecule has 3 aromatic rings. The number of nitrogens with zero attached hydrogens (tertiary/aromatic N) is 2. The van der Waals surface area contributed by atoms with Crippen LogP contribution in [0.25, 0.3) is 0 Å². The zero-order chi connectivity index (χ0) is 18.7. The SMILES string of the molecule is COc1ccc(S(=O)n2cc(F)c(=N)n(Cc3ccccc3)c2=O)cc1.O. The van der Waals surface area contributed by atoms with Crippen molar-refractivity contribution in [2.45, 2.75) is 11.4 Å². The molecular formula is C18H18FN3O4S. The molecule has 0 amide bonds. The number of hydrogen-bond donors (Lipinski definition) is 1. The Kier molecular flexibility index (Phi) is 6.43. The molecule has 0 spiro atoms. The van der Waals surface area contributed by atoms with Crippen LogP contribution in [0.4, 0.5) is 4.39 Å². The monoisotopic (exact) mass is 391 g/mol. The van der Waals surface area contributed by atoms with Gasteiger partial charge in [-0.2, -0.15) is 0 Å². The van der Waals surface area contributed by atoms with E-state index in [-0.39, 0.29) is 12.0 Å². The first-order chi connectivity index (χ1) is 12.5. The van der Waals surface area contributed by atoms with Crippen LogP contribution in [0, 0.1) is 11.2 Å². The quantitative estimate of drug-likeness (QED) is 0.703. The van der Waals surface area contributed by atoms with Crippen molar-refractivity contribution in [3.63, 3.8) is 0 Å². The first-order valence-corrected chi connectivity index (χ1v) is 8.79. The van der Waals surface area contributed by atoms with E-state index in [1.54, 1.807) is 36.4 Å². The van der Waals surface area contributed by atoms with Crippen LogP contribution in [-0.2, 0) is 17.5 Å². The fraction of sp³-hybridized carbons (Fsp3) is 0.111. The average molecular weight is 391 g/mol. The minimum Gasteiger partial charge on any atom is -0.497 e. The minimum atomic E-state index is -1.95. The minimum absolute atomic E-state index is 0. The Morgan fingerprint density at radius 2 is 1.74 bits per heavy atom. The highest BCUT2D eigenvalue weighted by atomic mass is 32.2. The standard InChI is InChI=1S/C18H16FN3O3S.H2O/c1-25-14-7-9-15(10-8-14)26(24)22-12-16(19)17(20)21(18(22)23)11-13-5-3-2-4-6-13;/h2-10,12,20H,11H2,1H3;1H2.